The Morgan fingerprint density at radius 3 is 2.77 bits per heavy atom. The molecule has 7 heteroatoms. The highest BCUT2D eigenvalue weighted by Crippen LogP contribution is 2.33. The van der Waals surface area contributed by atoms with Crippen molar-refractivity contribution in [1.29, 1.82) is 0 Å². The van der Waals surface area contributed by atoms with Gasteiger partial charge in [-0.3, -0.25) is 4.79 Å². The molecule has 0 aromatic heterocycles. The van der Waals surface area contributed by atoms with Crippen molar-refractivity contribution in [2.75, 3.05) is 18.6 Å². The van der Waals surface area contributed by atoms with E-state index in [0.29, 0.717) is 11.4 Å². The maximum Gasteiger partial charge on any atom is 0.408 e. The van der Waals surface area contributed by atoms with Crippen molar-refractivity contribution in [3.8, 4) is 11.5 Å². The van der Waals surface area contributed by atoms with E-state index in [0.717, 1.165) is 0 Å². The lowest BCUT2D eigenvalue weighted by atomic mass is 10.1. The Labute approximate surface area is 128 Å². The van der Waals surface area contributed by atoms with Crippen LogP contribution in [0, 0.1) is 0 Å². The van der Waals surface area contributed by atoms with Crippen LogP contribution in [0.3, 0.4) is 0 Å². The number of hydrogen-bond donors (Lipinski definition) is 2. The van der Waals surface area contributed by atoms with Gasteiger partial charge in [-0.05, 0) is 32.9 Å². The molecular weight excluding hydrogens is 288 g/mol. The second-order valence-electron chi connectivity index (χ2n) is 6.13. The Bertz CT molecular complexity index is 594. The first-order chi connectivity index (χ1) is 10.2. The van der Waals surface area contributed by atoms with Crippen LogP contribution in [0.2, 0.25) is 0 Å². The van der Waals surface area contributed by atoms with Crippen molar-refractivity contribution < 1.29 is 24.2 Å². The fraction of sp³-hybridized carbons (Fsp3) is 0.467. The second-order valence-corrected chi connectivity index (χ2v) is 6.13. The Morgan fingerprint density at radius 1 is 1.45 bits per heavy atom. The molecule has 0 fully saturated rings. The van der Waals surface area contributed by atoms with Crippen LogP contribution in [0.1, 0.15) is 20.8 Å². The third-order valence-corrected chi connectivity index (χ3v) is 3.03. The number of rotatable bonds is 1. The molecule has 1 aromatic carbocycles. The summed E-state index contributed by atoms with van der Waals surface area (Å²) in [5.41, 5.74) is -0.0424. The van der Waals surface area contributed by atoms with E-state index in [1.165, 1.54) is 24.1 Å². The average molecular weight is 308 g/mol. The largest absolute Gasteiger partial charge is 0.508 e. The average Bonchev–Trinajstić information content (AvgIpc) is 2.50. The number of hydrogen-bond acceptors (Lipinski definition) is 5. The normalized spacial score (nSPS) is 18.1. The molecule has 1 aromatic rings. The van der Waals surface area contributed by atoms with E-state index in [9.17, 15) is 14.7 Å². The number of anilines is 1. The van der Waals surface area contributed by atoms with Crippen LogP contribution in [-0.4, -0.2) is 42.4 Å². The molecule has 0 spiro atoms. The summed E-state index contributed by atoms with van der Waals surface area (Å²) in [6.45, 7) is 5.35. The van der Waals surface area contributed by atoms with Gasteiger partial charge in [-0.2, -0.15) is 0 Å². The molecule has 1 aliphatic heterocycles. The lowest BCUT2D eigenvalue weighted by molar-refractivity contribution is -0.127. The second kappa shape index (κ2) is 5.75. The van der Waals surface area contributed by atoms with E-state index in [1.54, 1.807) is 6.07 Å². The summed E-state index contributed by atoms with van der Waals surface area (Å²) < 4.78 is 10.7. The topological polar surface area (TPSA) is 88.1 Å². The smallest absolute Gasteiger partial charge is 0.408 e. The van der Waals surface area contributed by atoms with E-state index in [2.05, 4.69) is 5.32 Å². The Morgan fingerprint density at radius 2 is 2.14 bits per heavy atom. The highest BCUT2D eigenvalue weighted by molar-refractivity contribution is 5.99. The molecule has 1 heterocycles. The third-order valence-electron chi connectivity index (χ3n) is 3.03. The lowest BCUT2D eigenvalue weighted by Crippen LogP contribution is -2.46. The third kappa shape index (κ3) is 3.60. The predicted octanol–water partition coefficient (Wildman–Crippen LogP) is 1.64. The number of phenolic OH excluding ortho intramolecular Hbond substituents is 1. The summed E-state index contributed by atoms with van der Waals surface area (Å²) in [6.07, 6.45) is -1.74. The molecule has 2 amide bonds. The number of benzene rings is 1. The van der Waals surface area contributed by atoms with Crippen molar-refractivity contribution in [1.82, 2.24) is 5.32 Å². The zero-order valence-corrected chi connectivity index (χ0v) is 13.0. The van der Waals surface area contributed by atoms with Crippen LogP contribution in [0.5, 0.6) is 11.5 Å². The first-order valence-electron chi connectivity index (χ1n) is 6.89. The van der Waals surface area contributed by atoms with Crippen molar-refractivity contribution in [3.63, 3.8) is 0 Å². The van der Waals surface area contributed by atoms with Gasteiger partial charge in [-0.1, -0.05) is 0 Å². The molecule has 0 unspecified atom stereocenters. The summed E-state index contributed by atoms with van der Waals surface area (Å²) >= 11 is 0. The minimum Gasteiger partial charge on any atom is -0.508 e. The first-order valence-corrected chi connectivity index (χ1v) is 6.89. The molecule has 22 heavy (non-hydrogen) atoms. The van der Waals surface area contributed by atoms with Crippen LogP contribution in [-0.2, 0) is 9.53 Å². The van der Waals surface area contributed by atoms with Gasteiger partial charge in [0.15, 0.2) is 0 Å². The van der Waals surface area contributed by atoms with Gasteiger partial charge in [0, 0.05) is 18.7 Å². The van der Waals surface area contributed by atoms with Gasteiger partial charge in [0.1, 0.15) is 18.1 Å². The van der Waals surface area contributed by atoms with E-state index < -0.39 is 23.6 Å². The summed E-state index contributed by atoms with van der Waals surface area (Å²) in [7, 11) is 1.54. The summed E-state index contributed by atoms with van der Waals surface area (Å²) in [5.74, 6) is 0.0382. The fourth-order valence-corrected chi connectivity index (χ4v) is 2.01. The number of alkyl carbamates (subject to hydrolysis) is 1. The van der Waals surface area contributed by atoms with E-state index in [-0.39, 0.29) is 12.4 Å². The van der Waals surface area contributed by atoms with Gasteiger partial charge in [0.2, 0.25) is 6.10 Å². The molecule has 0 bridgehead atoms. The molecule has 7 nitrogen and oxygen atoms in total. The number of fused-ring (bicyclic) bond motifs is 1. The summed E-state index contributed by atoms with van der Waals surface area (Å²) in [4.78, 5) is 25.5. The predicted molar refractivity (Wildman–Crippen MR) is 80.2 cm³/mol. The van der Waals surface area contributed by atoms with E-state index in [4.69, 9.17) is 9.47 Å². The van der Waals surface area contributed by atoms with Gasteiger partial charge in [-0.15, -0.1) is 0 Å². The minimum atomic E-state index is -1.05. The summed E-state index contributed by atoms with van der Waals surface area (Å²) in [5, 5.41) is 12.2. The highest BCUT2D eigenvalue weighted by atomic mass is 16.6. The number of phenols is 1. The van der Waals surface area contributed by atoms with Crippen LogP contribution >= 0.6 is 0 Å². The zero-order chi connectivity index (χ0) is 16.5. The van der Waals surface area contributed by atoms with Crippen LogP contribution in [0.4, 0.5) is 10.5 Å². The van der Waals surface area contributed by atoms with Crippen molar-refractivity contribution in [2.45, 2.75) is 32.4 Å². The minimum absolute atomic E-state index is 0.0202. The highest BCUT2D eigenvalue weighted by Gasteiger charge is 2.33. The molecule has 0 aliphatic carbocycles. The quantitative estimate of drug-likeness (QED) is 0.823. The molecule has 2 N–H and O–H groups in total. The molecule has 120 valence electrons. The molecule has 1 atom stereocenters. The van der Waals surface area contributed by atoms with Gasteiger partial charge < -0.3 is 24.8 Å². The molecular formula is C15H20N2O5. The summed E-state index contributed by atoms with van der Waals surface area (Å²) in [6, 6.07) is 4.45. The molecule has 0 saturated heterocycles. The van der Waals surface area contributed by atoms with Crippen LogP contribution in [0.15, 0.2) is 18.2 Å². The number of likely N-dealkylation sites (N-methyl/N-ethyl adjacent to an activating group) is 1. The number of aromatic hydroxyl groups is 1. The number of nitrogens with one attached hydrogen (secondary N) is 1. The number of amides is 2. The SMILES string of the molecule is CN1C(=O)[C@@H](OC(=O)NC(C)(C)C)COc2ccc(O)cc21. The van der Waals surface area contributed by atoms with Gasteiger partial charge >= 0.3 is 6.09 Å². The van der Waals surface area contributed by atoms with Crippen molar-refractivity contribution in [2.24, 2.45) is 0 Å². The maximum atomic E-state index is 12.4. The lowest BCUT2D eigenvalue weighted by Gasteiger charge is -2.23. The standard InChI is InChI=1S/C15H20N2O5/c1-15(2,3)16-14(20)22-12-8-21-11-6-5-9(18)7-10(11)17(4)13(12)19/h5-7,12,18H,8H2,1-4H3,(H,16,20)/t12-/m0/s1. The Balaban J connectivity index is 2.15. The Kier molecular flexibility index (Phi) is 4.16. The van der Waals surface area contributed by atoms with Crippen LogP contribution < -0.4 is 15.0 Å². The molecule has 1 aliphatic rings. The number of ether oxygens (including phenoxy) is 2. The van der Waals surface area contributed by atoms with E-state index in [1.807, 2.05) is 20.8 Å². The van der Waals surface area contributed by atoms with Gasteiger partial charge in [0.05, 0.1) is 5.69 Å². The van der Waals surface area contributed by atoms with Crippen LogP contribution in [0.25, 0.3) is 0 Å². The van der Waals surface area contributed by atoms with Crippen molar-refractivity contribution >= 4 is 17.7 Å². The van der Waals surface area contributed by atoms with E-state index >= 15 is 0 Å². The fourth-order valence-electron chi connectivity index (χ4n) is 2.01. The molecule has 0 saturated carbocycles. The number of carbonyl (C=O) groups is 2. The number of nitrogens with zero attached hydrogens (tertiary/aromatic N) is 1. The molecule has 2 rings (SSSR count). The molecule has 0 radical (unpaired) electrons. The Hall–Kier alpha value is -2.44. The van der Waals surface area contributed by atoms with Crippen molar-refractivity contribution in [3.05, 3.63) is 18.2 Å². The van der Waals surface area contributed by atoms with Gasteiger partial charge in [-0.25, -0.2) is 4.79 Å². The maximum absolute atomic E-state index is 12.4. The first kappa shape index (κ1) is 15.9. The zero-order valence-electron chi connectivity index (χ0n) is 13.0. The van der Waals surface area contributed by atoms with Gasteiger partial charge in [0.25, 0.3) is 5.91 Å². The monoisotopic (exact) mass is 308 g/mol. The number of carbonyl (C=O) groups excluding carboxylic acids is 2.